The van der Waals surface area contributed by atoms with E-state index in [0.29, 0.717) is 11.4 Å². The van der Waals surface area contributed by atoms with Crippen molar-refractivity contribution >= 4 is 37.5 Å². The Morgan fingerprint density at radius 3 is 2.63 bits per heavy atom. The standard InChI is InChI=1S/C20H31ClN9O7P/c1-10-16(23-11-6-4-5-7-11)24-19(21)25-17(10)30(22-3)18-15(32)14(31)12(37-18)9-36-20(2,38(33,34)35)8-13-26-28-29-27-13/h11-12,14-15,18,31-32H,3-9H2,1-2H3,(H,23,24,25)(H2,33,34,35)(H,26,27,28,29)/t12-,14-,15-,18-,20?/m1/s1. The van der Waals surface area contributed by atoms with Gasteiger partial charge < -0.3 is 34.8 Å². The van der Waals surface area contributed by atoms with E-state index in [1.807, 2.05) is 0 Å². The Bertz CT molecular complexity index is 1170. The van der Waals surface area contributed by atoms with Gasteiger partial charge in [0.1, 0.15) is 24.1 Å². The summed E-state index contributed by atoms with van der Waals surface area (Å²) < 4.78 is 23.6. The molecule has 6 N–H and O–H groups in total. The molecule has 1 aliphatic carbocycles. The highest BCUT2D eigenvalue weighted by Gasteiger charge is 2.50. The summed E-state index contributed by atoms with van der Waals surface area (Å²) in [5.41, 5.74) is 0.577. The maximum Gasteiger partial charge on any atom is 0.357 e. The number of hydrazone groups is 1. The van der Waals surface area contributed by atoms with Gasteiger partial charge in [-0.1, -0.05) is 18.1 Å². The van der Waals surface area contributed by atoms with Crippen molar-refractivity contribution in [3.63, 3.8) is 0 Å². The second kappa shape index (κ2) is 11.4. The van der Waals surface area contributed by atoms with Crippen molar-refractivity contribution in [2.45, 2.75) is 81.9 Å². The Hall–Kier alpha value is -2.30. The second-order valence-electron chi connectivity index (χ2n) is 9.48. The quantitative estimate of drug-likeness (QED) is 0.0919. The molecular weight excluding hydrogens is 545 g/mol. The molecule has 0 amide bonds. The minimum atomic E-state index is -4.86. The molecule has 1 saturated heterocycles. The van der Waals surface area contributed by atoms with Gasteiger partial charge >= 0.3 is 7.60 Å². The molecule has 1 saturated carbocycles. The van der Waals surface area contributed by atoms with Gasteiger partial charge in [0.2, 0.25) is 5.28 Å². The Balaban J connectivity index is 1.52. The van der Waals surface area contributed by atoms with E-state index in [0.717, 1.165) is 25.7 Å². The van der Waals surface area contributed by atoms with Crippen molar-refractivity contribution < 1.29 is 34.0 Å². The molecule has 0 aromatic carbocycles. The van der Waals surface area contributed by atoms with Crippen molar-refractivity contribution in [1.82, 2.24) is 30.6 Å². The topological polar surface area (TPSA) is 224 Å². The summed E-state index contributed by atoms with van der Waals surface area (Å²) in [7, 11) is -4.86. The first kappa shape index (κ1) is 28.7. The number of nitrogens with one attached hydrogen (secondary N) is 2. The van der Waals surface area contributed by atoms with Crippen LogP contribution in [0.25, 0.3) is 0 Å². The minimum Gasteiger partial charge on any atom is -0.387 e. The maximum absolute atomic E-state index is 12.2. The van der Waals surface area contributed by atoms with Gasteiger partial charge in [0.15, 0.2) is 23.2 Å². The summed E-state index contributed by atoms with van der Waals surface area (Å²) in [6.45, 7) is 6.00. The largest absolute Gasteiger partial charge is 0.387 e. The molecule has 210 valence electrons. The predicted molar refractivity (Wildman–Crippen MR) is 135 cm³/mol. The molecule has 3 heterocycles. The van der Waals surface area contributed by atoms with Crippen LogP contribution >= 0.6 is 19.2 Å². The van der Waals surface area contributed by atoms with E-state index in [1.54, 1.807) is 6.92 Å². The van der Waals surface area contributed by atoms with Crippen LogP contribution in [0, 0.1) is 6.92 Å². The van der Waals surface area contributed by atoms with Crippen molar-refractivity contribution in [3.8, 4) is 0 Å². The molecule has 2 fully saturated rings. The number of aliphatic hydroxyl groups excluding tert-OH is 2. The lowest BCUT2D eigenvalue weighted by Crippen LogP contribution is -2.42. The first-order valence-electron chi connectivity index (χ1n) is 11.9. The van der Waals surface area contributed by atoms with Gasteiger partial charge in [0.05, 0.1) is 13.0 Å². The molecule has 1 aliphatic heterocycles. The summed E-state index contributed by atoms with van der Waals surface area (Å²) >= 11 is 6.20. The molecule has 18 heteroatoms. The van der Waals surface area contributed by atoms with Crippen LogP contribution in [0.1, 0.15) is 44.0 Å². The van der Waals surface area contributed by atoms with Crippen molar-refractivity contribution in [2.75, 3.05) is 16.9 Å². The van der Waals surface area contributed by atoms with Crippen LogP contribution in [0.15, 0.2) is 5.10 Å². The predicted octanol–water partition coefficient (Wildman–Crippen LogP) is 0.328. The average Bonchev–Trinajstić information content (AvgIpc) is 3.61. The van der Waals surface area contributed by atoms with Crippen LogP contribution in [-0.4, -0.2) is 99.8 Å². The molecule has 0 bridgehead atoms. The number of halogens is 1. The first-order valence-corrected chi connectivity index (χ1v) is 13.9. The van der Waals surface area contributed by atoms with Crippen LogP contribution in [-0.2, 0) is 20.5 Å². The first-order chi connectivity index (χ1) is 17.9. The van der Waals surface area contributed by atoms with E-state index >= 15 is 0 Å². The third-order valence-electron chi connectivity index (χ3n) is 6.79. The lowest BCUT2D eigenvalue weighted by atomic mass is 10.1. The fraction of sp³-hybridized carbons (Fsp3) is 0.700. The number of nitrogens with zero attached hydrogens (tertiary/aromatic N) is 7. The van der Waals surface area contributed by atoms with Gasteiger partial charge in [-0.15, -0.1) is 10.2 Å². The maximum atomic E-state index is 12.2. The minimum absolute atomic E-state index is 0.0155. The molecule has 16 nitrogen and oxygen atoms in total. The fourth-order valence-corrected chi connectivity index (χ4v) is 5.25. The average molecular weight is 576 g/mol. The monoisotopic (exact) mass is 575 g/mol. The lowest BCUT2D eigenvalue weighted by Gasteiger charge is -2.31. The number of tetrazole rings is 1. The molecule has 0 radical (unpaired) electrons. The summed E-state index contributed by atoms with van der Waals surface area (Å²) in [5.74, 6) is 0.726. The SMILES string of the molecule is C=NN(c1nc(Cl)nc(NC2CCCC2)c1C)[C@@H]1O[C@H](COC(C)(Cc2nn[nH]n2)P(=O)(O)O)[C@@H](O)[C@H]1O. The Kier molecular flexibility index (Phi) is 8.64. The van der Waals surface area contributed by atoms with E-state index in [9.17, 15) is 24.6 Å². The van der Waals surface area contributed by atoms with Crippen LogP contribution in [0.4, 0.5) is 11.6 Å². The van der Waals surface area contributed by atoms with E-state index in [4.69, 9.17) is 21.1 Å². The lowest BCUT2D eigenvalue weighted by molar-refractivity contribution is -0.0802. The molecule has 1 unspecified atom stereocenters. The summed E-state index contributed by atoms with van der Waals surface area (Å²) in [6.07, 6.45) is -1.61. The molecule has 4 rings (SSSR count). The number of aromatic nitrogens is 6. The third kappa shape index (κ3) is 5.97. The summed E-state index contributed by atoms with van der Waals surface area (Å²) in [6, 6.07) is 0.241. The summed E-state index contributed by atoms with van der Waals surface area (Å²) in [4.78, 5) is 28.4. The van der Waals surface area contributed by atoms with Crippen LogP contribution in [0.3, 0.4) is 0 Å². The summed E-state index contributed by atoms with van der Waals surface area (Å²) in [5, 5.41) is 40.9. The number of hydrogen-bond donors (Lipinski definition) is 6. The van der Waals surface area contributed by atoms with Gasteiger partial charge in [-0.25, -0.2) is 9.99 Å². The number of H-pyrrole nitrogens is 1. The number of hydrogen-bond acceptors (Lipinski definition) is 13. The van der Waals surface area contributed by atoms with Gasteiger partial charge in [0, 0.05) is 18.3 Å². The highest BCUT2D eigenvalue weighted by molar-refractivity contribution is 7.53. The number of anilines is 2. The highest BCUT2D eigenvalue weighted by atomic mass is 35.5. The Morgan fingerprint density at radius 2 is 2.03 bits per heavy atom. The number of rotatable bonds is 11. The van der Waals surface area contributed by atoms with E-state index in [1.165, 1.54) is 11.9 Å². The Morgan fingerprint density at radius 1 is 1.32 bits per heavy atom. The molecule has 5 atom stereocenters. The van der Waals surface area contributed by atoms with Gasteiger partial charge in [-0.05, 0) is 38.3 Å². The second-order valence-corrected chi connectivity index (χ2v) is 11.9. The molecular formula is C20H31ClN9O7P. The molecule has 2 aromatic heterocycles. The number of ether oxygens (including phenoxy) is 2. The Labute approximate surface area is 223 Å². The van der Waals surface area contributed by atoms with Gasteiger partial charge in [-0.2, -0.15) is 15.3 Å². The van der Waals surface area contributed by atoms with Crippen LogP contribution < -0.4 is 10.3 Å². The van der Waals surface area contributed by atoms with Crippen molar-refractivity contribution in [1.29, 1.82) is 0 Å². The zero-order chi connectivity index (χ0) is 27.7. The zero-order valence-electron chi connectivity index (χ0n) is 20.8. The van der Waals surface area contributed by atoms with Crippen molar-refractivity contribution in [3.05, 3.63) is 16.7 Å². The van der Waals surface area contributed by atoms with E-state index in [2.05, 4.69) is 47.7 Å². The molecule has 38 heavy (non-hydrogen) atoms. The molecule has 2 aliphatic rings. The van der Waals surface area contributed by atoms with Gasteiger partial charge in [0.25, 0.3) is 0 Å². The number of aromatic amines is 1. The third-order valence-corrected chi connectivity index (χ3v) is 8.48. The van der Waals surface area contributed by atoms with E-state index < -0.39 is 44.1 Å². The molecule has 0 spiro atoms. The van der Waals surface area contributed by atoms with Crippen LogP contribution in [0.2, 0.25) is 5.28 Å². The normalized spacial score (nSPS) is 25.9. The van der Waals surface area contributed by atoms with Crippen LogP contribution in [0.5, 0.6) is 0 Å². The van der Waals surface area contributed by atoms with Crippen molar-refractivity contribution in [2.24, 2.45) is 5.10 Å². The van der Waals surface area contributed by atoms with Gasteiger partial charge in [-0.3, -0.25) is 4.57 Å². The molecule has 2 aromatic rings. The van der Waals surface area contributed by atoms with E-state index in [-0.39, 0.29) is 29.4 Å². The highest BCUT2D eigenvalue weighted by Crippen LogP contribution is 2.52. The number of aliphatic hydroxyl groups is 2. The zero-order valence-corrected chi connectivity index (χ0v) is 22.5. The fourth-order valence-electron chi connectivity index (χ4n) is 4.49. The smallest absolute Gasteiger partial charge is 0.357 e.